The van der Waals surface area contributed by atoms with Crippen LogP contribution in [0, 0.1) is 6.92 Å². The van der Waals surface area contributed by atoms with Crippen LogP contribution in [0.2, 0.25) is 0 Å². The zero-order chi connectivity index (χ0) is 19.0. The molecule has 2 aliphatic heterocycles. The average molecular weight is 367 g/mol. The van der Waals surface area contributed by atoms with E-state index in [1.165, 1.54) is 16.0 Å². The fourth-order valence-corrected chi connectivity index (χ4v) is 4.41. The molecule has 2 heterocycles. The summed E-state index contributed by atoms with van der Waals surface area (Å²) in [5, 5.41) is 0. The van der Waals surface area contributed by atoms with Crippen LogP contribution in [0.1, 0.15) is 23.5 Å². The second kappa shape index (κ2) is 7.24. The zero-order valence-corrected chi connectivity index (χ0v) is 16.2. The molecule has 142 valence electrons. The Morgan fingerprint density at radius 3 is 2.67 bits per heavy atom. The number of benzene rings is 2. The number of likely N-dealkylation sites (N-methyl/N-ethyl adjacent to an activating group) is 1. The van der Waals surface area contributed by atoms with Crippen LogP contribution in [-0.2, 0) is 4.79 Å². The highest BCUT2D eigenvalue weighted by atomic mass is 16.5. The molecule has 2 aliphatic rings. The van der Waals surface area contributed by atoms with Gasteiger partial charge < -0.3 is 19.3 Å². The summed E-state index contributed by atoms with van der Waals surface area (Å²) in [7, 11) is 3.87. The Hall–Kier alpha value is -2.53. The van der Waals surface area contributed by atoms with E-state index in [4.69, 9.17) is 9.47 Å². The molecule has 5 heteroatoms. The molecule has 0 saturated carbocycles. The molecule has 0 spiro atoms. The van der Waals surface area contributed by atoms with E-state index < -0.39 is 0 Å². The first-order valence-electron chi connectivity index (χ1n) is 9.57. The summed E-state index contributed by atoms with van der Waals surface area (Å²) in [4.78, 5) is 16.6. The lowest BCUT2D eigenvalue weighted by atomic mass is 9.89. The Kier molecular flexibility index (Phi) is 4.79. The van der Waals surface area contributed by atoms with Crippen molar-refractivity contribution in [3.05, 3.63) is 53.6 Å². The summed E-state index contributed by atoms with van der Waals surface area (Å²) < 4.78 is 10.9. The van der Waals surface area contributed by atoms with Crippen molar-refractivity contribution in [2.75, 3.05) is 38.8 Å². The van der Waals surface area contributed by atoms with Crippen LogP contribution in [0.15, 0.2) is 42.5 Å². The van der Waals surface area contributed by atoms with Gasteiger partial charge in [0.15, 0.2) is 6.61 Å². The fourth-order valence-electron chi connectivity index (χ4n) is 4.41. The number of amides is 1. The third kappa shape index (κ3) is 3.39. The van der Waals surface area contributed by atoms with Crippen LogP contribution in [0.5, 0.6) is 11.5 Å². The van der Waals surface area contributed by atoms with Gasteiger partial charge in [-0.2, -0.15) is 0 Å². The maximum Gasteiger partial charge on any atom is 0.265 e. The number of aryl methyl sites for hydroxylation is 1. The van der Waals surface area contributed by atoms with Gasteiger partial charge in [-0.1, -0.05) is 17.7 Å². The summed E-state index contributed by atoms with van der Waals surface area (Å²) in [5.41, 5.74) is 3.63. The third-order valence-electron chi connectivity index (χ3n) is 5.76. The van der Waals surface area contributed by atoms with Crippen LogP contribution < -0.4 is 19.3 Å². The van der Waals surface area contributed by atoms with E-state index in [-0.39, 0.29) is 18.6 Å². The number of nitrogens with one attached hydrogen (secondary N) is 1. The van der Waals surface area contributed by atoms with E-state index in [2.05, 4.69) is 32.2 Å². The number of anilines is 1. The Morgan fingerprint density at radius 1 is 1.19 bits per heavy atom. The highest BCUT2D eigenvalue weighted by molar-refractivity contribution is 5.97. The van der Waals surface area contributed by atoms with Crippen molar-refractivity contribution in [3.63, 3.8) is 0 Å². The molecule has 0 aromatic heterocycles. The summed E-state index contributed by atoms with van der Waals surface area (Å²) in [5.74, 6) is 1.90. The lowest BCUT2D eigenvalue weighted by Crippen LogP contribution is -3.11. The minimum Gasteiger partial charge on any atom is -0.497 e. The quantitative estimate of drug-likeness (QED) is 0.896. The van der Waals surface area contributed by atoms with Crippen LogP contribution in [0.25, 0.3) is 0 Å². The molecule has 0 bridgehead atoms. The number of rotatable bonds is 4. The Morgan fingerprint density at radius 2 is 1.93 bits per heavy atom. The minimum absolute atomic E-state index is 0.0305. The van der Waals surface area contributed by atoms with E-state index >= 15 is 0 Å². The predicted molar refractivity (Wildman–Crippen MR) is 105 cm³/mol. The number of piperidine rings is 1. The van der Waals surface area contributed by atoms with Crippen molar-refractivity contribution in [1.29, 1.82) is 0 Å². The van der Waals surface area contributed by atoms with E-state index in [9.17, 15) is 4.79 Å². The highest BCUT2D eigenvalue weighted by Crippen LogP contribution is 2.43. The van der Waals surface area contributed by atoms with Crippen LogP contribution in [0.4, 0.5) is 5.69 Å². The number of hydrogen-bond donors (Lipinski definition) is 1. The first-order chi connectivity index (χ1) is 13.1. The van der Waals surface area contributed by atoms with Crippen molar-refractivity contribution in [3.8, 4) is 11.5 Å². The van der Waals surface area contributed by atoms with Gasteiger partial charge in [0, 0.05) is 12.1 Å². The van der Waals surface area contributed by atoms with Gasteiger partial charge in [-0.25, -0.2) is 0 Å². The molecule has 2 aromatic carbocycles. The number of likely N-dealkylation sites (tertiary alicyclic amines) is 1. The molecule has 27 heavy (non-hydrogen) atoms. The minimum atomic E-state index is 0.0305. The third-order valence-corrected chi connectivity index (χ3v) is 5.76. The van der Waals surface area contributed by atoms with Gasteiger partial charge in [0.25, 0.3) is 5.91 Å². The standard InChI is InChI=1S/C22H26N2O3/c1-15-4-9-20-18(12-15)19-13-23(2)11-10-21(19)24(20)22(25)14-27-17-7-5-16(26-3)6-8-17/h4-9,12,19,21H,10-11,13-14H2,1-3H3/p+1/t19-,21-/m0/s1. The maximum absolute atomic E-state index is 13.1. The van der Waals surface area contributed by atoms with Gasteiger partial charge in [0.05, 0.1) is 39.2 Å². The largest absolute Gasteiger partial charge is 0.497 e. The second-order valence-corrected chi connectivity index (χ2v) is 7.66. The summed E-state index contributed by atoms with van der Waals surface area (Å²) >= 11 is 0. The van der Waals surface area contributed by atoms with E-state index in [0.29, 0.717) is 11.7 Å². The highest BCUT2D eigenvalue weighted by Gasteiger charge is 2.45. The number of nitrogens with zero attached hydrogens (tertiary/aromatic N) is 1. The Labute approximate surface area is 160 Å². The van der Waals surface area contributed by atoms with Gasteiger partial charge in [0.2, 0.25) is 0 Å². The van der Waals surface area contributed by atoms with Crippen LogP contribution in [0.3, 0.4) is 0 Å². The van der Waals surface area contributed by atoms with Gasteiger partial charge >= 0.3 is 0 Å². The van der Waals surface area contributed by atoms with Crippen molar-refractivity contribution in [2.45, 2.75) is 25.3 Å². The molecule has 4 rings (SSSR count). The molecule has 0 radical (unpaired) electrons. The molecule has 1 unspecified atom stereocenters. The molecule has 3 atom stereocenters. The van der Waals surface area contributed by atoms with Gasteiger partial charge in [0.1, 0.15) is 11.5 Å². The molecule has 1 saturated heterocycles. The monoisotopic (exact) mass is 367 g/mol. The number of ether oxygens (including phenoxy) is 2. The second-order valence-electron chi connectivity index (χ2n) is 7.66. The number of fused-ring (bicyclic) bond motifs is 3. The number of carbonyl (C=O) groups is 1. The Balaban J connectivity index is 1.53. The number of quaternary nitrogens is 1. The molecule has 2 aromatic rings. The van der Waals surface area contributed by atoms with Gasteiger partial charge in [-0.05, 0) is 42.8 Å². The predicted octanol–water partition coefficient (Wildman–Crippen LogP) is 1.80. The first-order valence-corrected chi connectivity index (χ1v) is 9.57. The van der Waals surface area contributed by atoms with Gasteiger partial charge in [-0.15, -0.1) is 0 Å². The van der Waals surface area contributed by atoms with E-state index in [0.717, 1.165) is 30.9 Å². The smallest absolute Gasteiger partial charge is 0.265 e. The Bertz CT molecular complexity index is 834. The normalized spacial score (nSPS) is 23.5. The van der Waals surface area contributed by atoms with Crippen molar-refractivity contribution < 1.29 is 19.2 Å². The summed E-state index contributed by atoms with van der Waals surface area (Å²) in [6.45, 7) is 4.33. The molecule has 1 fully saturated rings. The summed E-state index contributed by atoms with van der Waals surface area (Å²) in [6, 6.07) is 14.0. The van der Waals surface area contributed by atoms with Crippen molar-refractivity contribution >= 4 is 11.6 Å². The SMILES string of the molecule is COc1ccc(OCC(=O)N2c3ccc(C)cc3[C@@H]3C[NH+](C)CC[C@@H]32)cc1. The number of hydrogen-bond acceptors (Lipinski definition) is 3. The average Bonchev–Trinajstić information content (AvgIpc) is 2.99. The molecule has 5 nitrogen and oxygen atoms in total. The van der Waals surface area contributed by atoms with Crippen LogP contribution in [-0.4, -0.2) is 45.8 Å². The lowest BCUT2D eigenvalue weighted by Gasteiger charge is -2.34. The first kappa shape index (κ1) is 17.9. The molecule has 0 aliphatic carbocycles. The molecule has 1 N–H and O–H groups in total. The summed E-state index contributed by atoms with van der Waals surface area (Å²) in [6.07, 6.45) is 1.03. The number of carbonyl (C=O) groups excluding carboxylic acids is 1. The van der Waals surface area contributed by atoms with Gasteiger partial charge in [-0.3, -0.25) is 4.79 Å². The molecular formula is C22H27N2O3+. The van der Waals surface area contributed by atoms with E-state index in [1.807, 2.05) is 29.2 Å². The maximum atomic E-state index is 13.1. The fraction of sp³-hybridized carbons (Fsp3) is 0.409. The van der Waals surface area contributed by atoms with Crippen molar-refractivity contribution in [2.24, 2.45) is 0 Å². The molecular weight excluding hydrogens is 340 g/mol. The number of methoxy groups -OCH3 is 1. The lowest BCUT2D eigenvalue weighted by molar-refractivity contribution is -0.886. The molecule has 1 amide bonds. The topological polar surface area (TPSA) is 43.2 Å². The van der Waals surface area contributed by atoms with Crippen molar-refractivity contribution in [1.82, 2.24) is 0 Å². The zero-order valence-electron chi connectivity index (χ0n) is 16.2. The van der Waals surface area contributed by atoms with Crippen LogP contribution >= 0.6 is 0 Å². The van der Waals surface area contributed by atoms with E-state index in [1.54, 1.807) is 7.11 Å².